The summed E-state index contributed by atoms with van der Waals surface area (Å²) in [5, 5.41) is 8.61. The molecule has 1 fully saturated rings. The molecule has 0 spiro atoms. The number of alkyl halides is 3. The van der Waals surface area contributed by atoms with Crippen molar-refractivity contribution in [3.05, 3.63) is 0 Å². The van der Waals surface area contributed by atoms with Crippen LogP contribution in [0.25, 0.3) is 0 Å². The molecule has 108 valence electrons. The van der Waals surface area contributed by atoms with Gasteiger partial charge in [0, 0.05) is 19.6 Å². The van der Waals surface area contributed by atoms with Crippen LogP contribution in [-0.2, 0) is 9.47 Å². The van der Waals surface area contributed by atoms with Crippen molar-refractivity contribution >= 4 is 0 Å². The SMILES string of the molecule is OCCOC1CCN(CCOCC(F)(F)F)CC1. The Morgan fingerprint density at radius 3 is 2.39 bits per heavy atom. The summed E-state index contributed by atoms with van der Waals surface area (Å²) in [4.78, 5) is 2.06. The Morgan fingerprint density at radius 2 is 1.83 bits per heavy atom. The van der Waals surface area contributed by atoms with Gasteiger partial charge in [0.2, 0.25) is 0 Å². The van der Waals surface area contributed by atoms with Crippen LogP contribution in [0.3, 0.4) is 0 Å². The summed E-state index contributed by atoms with van der Waals surface area (Å²) in [6, 6.07) is 0. The molecule has 1 heterocycles. The van der Waals surface area contributed by atoms with Gasteiger partial charge < -0.3 is 19.5 Å². The molecule has 1 rings (SSSR count). The third kappa shape index (κ3) is 7.15. The summed E-state index contributed by atoms with van der Waals surface area (Å²) in [5.41, 5.74) is 0. The van der Waals surface area contributed by atoms with Gasteiger partial charge in [-0.1, -0.05) is 0 Å². The molecule has 0 aliphatic carbocycles. The van der Waals surface area contributed by atoms with Gasteiger partial charge in [0.05, 0.1) is 25.9 Å². The van der Waals surface area contributed by atoms with Crippen molar-refractivity contribution in [3.63, 3.8) is 0 Å². The quantitative estimate of drug-likeness (QED) is 0.703. The predicted octanol–water partition coefficient (Wildman–Crippen LogP) is 1.04. The molecule has 0 unspecified atom stereocenters. The van der Waals surface area contributed by atoms with Crippen molar-refractivity contribution in [2.45, 2.75) is 25.1 Å². The first kappa shape index (κ1) is 15.7. The average molecular weight is 271 g/mol. The lowest BCUT2D eigenvalue weighted by atomic mass is 10.1. The van der Waals surface area contributed by atoms with E-state index in [-0.39, 0.29) is 19.3 Å². The molecule has 1 N–H and O–H groups in total. The van der Waals surface area contributed by atoms with E-state index in [1.807, 2.05) is 0 Å². The summed E-state index contributed by atoms with van der Waals surface area (Å²) in [6.07, 6.45) is -2.39. The van der Waals surface area contributed by atoms with Gasteiger partial charge in [0.25, 0.3) is 0 Å². The standard InChI is InChI=1S/C11H20F3NO3/c12-11(13,14)9-17-7-5-15-3-1-10(2-4-15)18-8-6-16/h10,16H,1-9H2. The zero-order chi connectivity index (χ0) is 13.4. The zero-order valence-corrected chi connectivity index (χ0v) is 10.3. The van der Waals surface area contributed by atoms with Crippen LogP contribution in [0.4, 0.5) is 13.2 Å². The molecule has 0 amide bonds. The molecule has 0 aromatic rings. The van der Waals surface area contributed by atoms with Crippen LogP contribution < -0.4 is 0 Å². The van der Waals surface area contributed by atoms with E-state index in [2.05, 4.69) is 9.64 Å². The number of nitrogens with zero attached hydrogens (tertiary/aromatic N) is 1. The Balaban J connectivity index is 2.02. The molecule has 1 saturated heterocycles. The fraction of sp³-hybridized carbons (Fsp3) is 1.00. The first-order valence-electron chi connectivity index (χ1n) is 6.10. The number of ether oxygens (including phenoxy) is 2. The number of aliphatic hydroxyl groups excluding tert-OH is 1. The van der Waals surface area contributed by atoms with Crippen molar-refractivity contribution in [2.24, 2.45) is 0 Å². The minimum absolute atomic E-state index is 0.0193. The molecule has 0 saturated carbocycles. The third-order valence-electron chi connectivity index (χ3n) is 2.80. The van der Waals surface area contributed by atoms with Gasteiger partial charge in [0.1, 0.15) is 6.61 Å². The minimum atomic E-state index is -4.24. The molecule has 0 aromatic carbocycles. The van der Waals surface area contributed by atoms with Crippen LogP contribution in [-0.4, -0.2) is 68.3 Å². The number of likely N-dealkylation sites (tertiary alicyclic amines) is 1. The molecule has 1 aliphatic rings. The minimum Gasteiger partial charge on any atom is -0.394 e. The smallest absolute Gasteiger partial charge is 0.394 e. The van der Waals surface area contributed by atoms with Gasteiger partial charge in [-0.05, 0) is 12.8 Å². The van der Waals surface area contributed by atoms with Gasteiger partial charge in [-0.15, -0.1) is 0 Å². The summed E-state index contributed by atoms with van der Waals surface area (Å²) >= 11 is 0. The average Bonchev–Trinajstić information content (AvgIpc) is 2.32. The van der Waals surface area contributed by atoms with E-state index in [9.17, 15) is 13.2 Å². The van der Waals surface area contributed by atoms with Crippen LogP contribution in [0.1, 0.15) is 12.8 Å². The van der Waals surface area contributed by atoms with Gasteiger partial charge >= 0.3 is 6.18 Å². The fourth-order valence-corrected chi connectivity index (χ4v) is 1.90. The number of hydrogen-bond acceptors (Lipinski definition) is 4. The molecule has 7 heteroatoms. The number of halogens is 3. The Hall–Kier alpha value is -0.370. The highest BCUT2D eigenvalue weighted by Crippen LogP contribution is 2.15. The topological polar surface area (TPSA) is 41.9 Å². The van der Waals surface area contributed by atoms with Crippen LogP contribution in [0, 0.1) is 0 Å². The molecule has 18 heavy (non-hydrogen) atoms. The van der Waals surface area contributed by atoms with Gasteiger partial charge in [-0.3, -0.25) is 0 Å². The summed E-state index contributed by atoms with van der Waals surface area (Å²) in [5.74, 6) is 0. The molecule has 0 radical (unpaired) electrons. The molecule has 0 aromatic heterocycles. The molecule has 1 aliphatic heterocycles. The lowest BCUT2D eigenvalue weighted by Gasteiger charge is -2.31. The summed E-state index contributed by atoms with van der Waals surface area (Å²) in [6.45, 7) is 1.40. The molecule has 4 nitrogen and oxygen atoms in total. The van der Waals surface area contributed by atoms with E-state index >= 15 is 0 Å². The Kier molecular flexibility index (Phi) is 6.91. The maximum Gasteiger partial charge on any atom is 0.411 e. The van der Waals surface area contributed by atoms with Crippen LogP contribution >= 0.6 is 0 Å². The highest BCUT2D eigenvalue weighted by atomic mass is 19.4. The molecular formula is C11H20F3NO3. The van der Waals surface area contributed by atoms with E-state index in [1.54, 1.807) is 0 Å². The summed E-state index contributed by atoms with van der Waals surface area (Å²) in [7, 11) is 0. The van der Waals surface area contributed by atoms with Crippen molar-refractivity contribution < 1.29 is 27.8 Å². The van der Waals surface area contributed by atoms with Crippen molar-refractivity contribution in [1.29, 1.82) is 0 Å². The number of aliphatic hydroxyl groups is 1. The summed E-state index contributed by atoms with van der Waals surface area (Å²) < 4.78 is 45.4. The van der Waals surface area contributed by atoms with Crippen molar-refractivity contribution in [1.82, 2.24) is 4.90 Å². The fourth-order valence-electron chi connectivity index (χ4n) is 1.90. The number of rotatable bonds is 7. The number of hydrogen-bond donors (Lipinski definition) is 1. The normalized spacial score (nSPS) is 19.3. The van der Waals surface area contributed by atoms with E-state index in [0.29, 0.717) is 13.2 Å². The van der Waals surface area contributed by atoms with Crippen LogP contribution in [0.5, 0.6) is 0 Å². The Labute approximate surface area is 105 Å². The molecule has 0 bridgehead atoms. The highest BCUT2D eigenvalue weighted by Gasteiger charge is 2.27. The van der Waals surface area contributed by atoms with Gasteiger partial charge in [0.15, 0.2) is 0 Å². The van der Waals surface area contributed by atoms with Crippen LogP contribution in [0.2, 0.25) is 0 Å². The third-order valence-corrected chi connectivity index (χ3v) is 2.80. The maximum atomic E-state index is 11.8. The van der Waals surface area contributed by atoms with E-state index < -0.39 is 12.8 Å². The van der Waals surface area contributed by atoms with E-state index in [1.165, 1.54) is 0 Å². The molecular weight excluding hydrogens is 251 g/mol. The van der Waals surface area contributed by atoms with Crippen molar-refractivity contribution in [3.8, 4) is 0 Å². The first-order chi connectivity index (χ1) is 8.51. The highest BCUT2D eigenvalue weighted by molar-refractivity contribution is 4.72. The Bertz CT molecular complexity index is 218. The zero-order valence-electron chi connectivity index (χ0n) is 10.3. The van der Waals surface area contributed by atoms with Gasteiger partial charge in [-0.2, -0.15) is 13.2 Å². The predicted molar refractivity (Wildman–Crippen MR) is 59.4 cm³/mol. The lowest BCUT2D eigenvalue weighted by Crippen LogP contribution is -2.39. The second kappa shape index (κ2) is 7.93. The molecule has 0 atom stereocenters. The number of piperidine rings is 1. The second-order valence-electron chi connectivity index (χ2n) is 4.30. The monoisotopic (exact) mass is 271 g/mol. The van der Waals surface area contributed by atoms with E-state index in [0.717, 1.165) is 25.9 Å². The van der Waals surface area contributed by atoms with Crippen molar-refractivity contribution in [2.75, 3.05) is 46.1 Å². The van der Waals surface area contributed by atoms with Crippen LogP contribution in [0.15, 0.2) is 0 Å². The largest absolute Gasteiger partial charge is 0.411 e. The second-order valence-corrected chi connectivity index (χ2v) is 4.30. The lowest BCUT2D eigenvalue weighted by molar-refractivity contribution is -0.174. The maximum absolute atomic E-state index is 11.8. The Morgan fingerprint density at radius 1 is 1.17 bits per heavy atom. The van der Waals surface area contributed by atoms with E-state index in [4.69, 9.17) is 9.84 Å². The first-order valence-corrected chi connectivity index (χ1v) is 6.10. The van der Waals surface area contributed by atoms with Gasteiger partial charge in [-0.25, -0.2) is 0 Å².